The van der Waals surface area contributed by atoms with Gasteiger partial charge >= 0.3 is 7.48 Å². The van der Waals surface area contributed by atoms with Crippen LogP contribution in [-0.4, -0.2) is 70.7 Å². The Morgan fingerprint density at radius 1 is 1.38 bits per heavy atom. The highest BCUT2D eigenvalue weighted by molar-refractivity contribution is 6.46. The highest BCUT2D eigenvalue weighted by Crippen LogP contribution is 2.24. The van der Waals surface area contributed by atoms with Crippen LogP contribution >= 0.6 is 0 Å². The Labute approximate surface area is 144 Å². The van der Waals surface area contributed by atoms with Gasteiger partial charge in [0.15, 0.2) is 0 Å². The third kappa shape index (κ3) is 5.06. The lowest BCUT2D eigenvalue weighted by Crippen LogP contribution is -2.49. The number of aliphatic hydroxyl groups is 1. The molecule has 1 aromatic rings. The number of nitrogens with zero attached hydrogens (tertiary/aromatic N) is 3. The fraction of sp³-hybridized carbons (Fsp3) is 0.750. The minimum atomic E-state index is -0.923. The van der Waals surface area contributed by atoms with Gasteiger partial charge in [0, 0.05) is 32.0 Å². The maximum atomic E-state index is 11.6. The maximum Gasteiger partial charge on any atom is 0.312 e. The number of amides is 1. The summed E-state index contributed by atoms with van der Waals surface area (Å²) in [5.74, 6) is 0.0599. The molecular weight excluding hydrogens is 309 g/mol. The minimum Gasteiger partial charge on any atom is -0.427 e. The molecule has 134 valence electrons. The van der Waals surface area contributed by atoms with Gasteiger partial charge in [0.1, 0.15) is 6.61 Å². The molecule has 1 saturated heterocycles. The van der Waals surface area contributed by atoms with E-state index in [-0.39, 0.29) is 12.5 Å². The summed E-state index contributed by atoms with van der Waals surface area (Å²) < 4.78 is 12.8. The average molecular weight is 337 g/mol. The largest absolute Gasteiger partial charge is 0.427 e. The van der Waals surface area contributed by atoms with Gasteiger partial charge in [0.05, 0.1) is 17.8 Å². The van der Waals surface area contributed by atoms with E-state index >= 15 is 0 Å². The molecule has 0 aromatic carbocycles. The van der Waals surface area contributed by atoms with Crippen molar-refractivity contribution >= 4 is 18.9 Å². The number of aryl methyl sites for hydroxylation is 1. The molecule has 1 fully saturated rings. The van der Waals surface area contributed by atoms with Gasteiger partial charge in [-0.15, -0.1) is 0 Å². The summed E-state index contributed by atoms with van der Waals surface area (Å²) in [6.45, 7) is 10.2. The number of aromatic nitrogens is 2. The summed E-state index contributed by atoms with van der Waals surface area (Å²) in [5, 5.41) is 14.4. The molecule has 24 heavy (non-hydrogen) atoms. The molecule has 0 bridgehead atoms. The van der Waals surface area contributed by atoms with Crippen LogP contribution in [0.2, 0.25) is 0 Å². The van der Waals surface area contributed by atoms with E-state index in [9.17, 15) is 9.90 Å². The maximum absolute atomic E-state index is 11.6. The molecule has 0 unspecified atom stereocenters. The molecule has 2 heterocycles. The second kappa shape index (κ2) is 7.67. The molecule has 0 radical (unpaired) electrons. The van der Waals surface area contributed by atoms with E-state index in [1.165, 1.54) is 0 Å². The number of morpholine rings is 1. The molecule has 7 nitrogen and oxygen atoms in total. The fourth-order valence-electron chi connectivity index (χ4n) is 2.25. The Kier molecular flexibility index (Phi) is 6.06. The van der Waals surface area contributed by atoms with Gasteiger partial charge in [-0.25, -0.2) is 0 Å². The van der Waals surface area contributed by atoms with E-state index in [4.69, 9.17) is 9.39 Å². The van der Waals surface area contributed by atoms with Gasteiger partial charge in [0.2, 0.25) is 5.91 Å². The molecule has 0 aliphatic carbocycles. The molecule has 0 atom stereocenters. The topological polar surface area (TPSA) is 76.8 Å². The Morgan fingerprint density at radius 3 is 2.79 bits per heavy atom. The van der Waals surface area contributed by atoms with Gasteiger partial charge in [0.25, 0.3) is 0 Å². The summed E-state index contributed by atoms with van der Waals surface area (Å²) in [7, 11) is 0.402. The number of rotatable bonds is 8. The first kappa shape index (κ1) is 19.0. The molecule has 1 aromatic heterocycles. The van der Waals surface area contributed by atoms with E-state index < -0.39 is 11.2 Å². The van der Waals surface area contributed by atoms with Crippen LogP contribution in [0.25, 0.3) is 0 Å². The van der Waals surface area contributed by atoms with Gasteiger partial charge in [-0.3, -0.25) is 9.48 Å². The Morgan fingerprint density at radius 2 is 2.12 bits per heavy atom. The predicted octanol–water partition coefficient (Wildman–Crippen LogP) is -0.325. The molecular formula is C16H28BN3O4. The summed E-state index contributed by atoms with van der Waals surface area (Å²) in [6, 6.07) is 0. The zero-order valence-electron chi connectivity index (χ0n) is 15.1. The van der Waals surface area contributed by atoms with E-state index in [0.29, 0.717) is 20.6 Å². The van der Waals surface area contributed by atoms with Crippen molar-refractivity contribution in [3.05, 3.63) is 12.4 Å². The van der Waals surface area contributed by atoms with Crippen molar-refractivity contribution < 1.29 is 19.3 Å². The van der Waals surface area contributed by atoms with E-state index in [2.05, 4.69) is 5.10 Å². The van der Waals surface area contributed by atoms with Crippen molar-refractivity contribution in [1.82, 2.24) is 14.7 Å². The predicted molar refractivity (Wildman–Crippen MR) is 92.5 cm³/mol. The number of carbonyl (C=O) groups is 1. The van der Waals surface area contributed by atoms with Crippen molar-refractivity contribution in [3.8, 4) is 0 Å². The molecule has 1 N–H and O–H groups in total. The van der Waals surface area contributed by atoms with Gasteiger partial charge in [-0.1, -0.05) is 0 Å². The van der Waals surface area contributed by atoms with Crippen LogP contribution in [0.5, 0.6) is 0 Å². The quantitative estimate of drug-likeness (QED) is 0.658. The third-order valence-corrected chi connectivity index (χ3v) is 4.66. The first-order valence-electron chi connectivity index (χ1n) is 8.42. The standard InChI is InChI=1S/C16H28BN3O4/c1-15(2,22)16(3,4)24-17-13-10-18-20(11-13)7-5-6-19-8-9-23-12-14(19)21/h10-11,17,22H,5-9,12H2,1-4H3. The number of ether oxygens (including phenoxy) is 1. The number of hydrogen-bond acceptors (Lipinski definition) is 5. The summed E-state index contributed by atoms with van der Waals surface area (Å²) in [6.07, 6.45) is 4.57. The average Bonchev–Trinajstić information content (AvgIpc) is 2.94. The van der Waals surface area contributed by atoms with Crippen LogP contribution in [0.1, 0.15) is 34.1 Å². The Hall–Kier alpha value is -1.38. The van der Waals surface area contributed by atoms with Crippen molar-refractivity contribution in [2.24, 2.45) is 0 Å². The summed E-state index contributed by atoms with van der Waals surface area (Å²) in [5.41, 5.74) is -0.603. The van der Waals surface area contributed by atoms with Crippen molar-refractivity contribution in [1.29, 1.82) is 0 Å². The van der Waals surface area contributed by atoms with Crippen LogP contribution in [-0.2, 0) is 20.7 Å². The number of carbonyl (C=O) groups excluding carboxylic acids is 1. The molecule has 8 heteroatoms. The van der Waals surface area contributed by atoms with Gasteiger partial charge in [-0.2, -0.15) is 5.10 Å². The molecule has 1 amide bonds. The molecule has 1 aliphatic rings. The second-order valence-electron chi connectivity index (χ2n) is 7.26. The lowest BCUT2D eigenvalue weighted by Gasteiger charge is -2.37. The van der Waals surface area contributed by atoms with Crippen LogP contribution in [0.4, 0.5) is 0 Å². The minimum absolute atomic E-state index is 0.0599. The highest BCUT2D eigenvalue weighted by atomic mass is 16.5. The highest BCUT2D eigenvalue weighted by Gasteiger charge is 2.35. The number of hydrogen-bond donors (Lipinski definition) is 1. The fourth-order valence-corrected chi connectivity index (χ4v) is 2.25. The van der Waals surface area contributed by atoms with Crippen LogP contribution in [0.15, 0.2) is 12.4 Å². The monoisotopic (exact) mass is 337 g/mol. The smallest absolute Gasteiger partial charge is 0.312 e. The van der Waals surface area contributed by atoms with Crippen molar-refractivity contribution in [2.75, 3.05) is 26.3 Å². The zero-order valence-corrected chi connectivity index (χ0v) is 15.1. The molecule has 0 saturated carbocycles. The van der Waals surface area contributed by atoms with Crippen molar-refractivity contribution in [2.45, 2.75) is 51.9 Å². The van der Waals surface area contributed by atoms with Crippen molar-refractivity contribution in [3.63, 3.8) is 0 Å². The Bertz CT molecular complexity index is 554. The normalized spacial score (nSPS) is 16.5. The first-order valence-corrected chi connectivity index (χ1v) is 8.42. The second-order valence-corrected chi connectivity index (χ2v) is 7.26. The molecule has 2 rings (SSSR count). The van der Waals surface area contributed by atoms with Gasteiger partial charge < -0.3 is 19.4 Å². The van der Waals surface area contributed by atoms with E-state index in [1.807, 2.05) is 29.6 Å². The first-order chi connectivity index (χ1) is 11.2. The Balaban J connectivity index is 1.76. The summed E-state index contributed by atoms with van der Waals surface area (Å²) in [4.78, 5) is 13.5. The van der Waals surface area contributed by atoms with E-state index in [0.717, 1.165) is 25.0 Å². The van der Waals surface area contributed by atoms with E-state index in [1.54, 1.807) is 20.0 Å². The van der Waals surface area contributed by atoms with Crippen LogP contribution in [0, 0.1) is 0 Å². The van der Waals surface area contributed by atoms with Crippen LogP contribution < -0.4 is 5.46 Å². The lowest BCUT2D eigenvalue weighted by atomic mass is 9.84. The lowest BCUT2D eigenvalue weighted by molar-refractivity contribution is -0.142. The van der Waals surface area contributed by atoms with Crippen LogP contribution in [0.3, 0.4) is 0 Å². The SMILES string of the molecule is CC(C)(O)C(C)(C)OBc1cnn(CCCN2CCOCC2=O)c1. The third-order valence-electron chi connectivity index (χ3n) is 4.66. The molecule has 1 aliphatic heterocycles. The molecule has 0 spiro atoms. The zero-order chi connectivity index (χ0) is 17.8. The summed E-state index contributed by atoms with van der Waals surface area (Å²) >= 11 is 0. The van der Waals surface area contributed by atoms with Gasteiger partial charge in [-0.05, 0) is 39.6 Å².